The summed E-state index contributed by atoms with van der Waals surface area (Å²) in [5.74, 6) is -0.217. The number of nitrogens with one attached hydrogen (secondary N) is 1. The molecule has 7 nitrogen and oxygen atoms in total. The molecule has 0 unspecified atom stereocenters. The van der Waals surface area contributed by atoms with E-state index in [9.17, 15) is 9.59 Å². The Morgan fingerprint density at radius 1 is 1.18 bits per heavy atom. The summed E-state index contributed by atoms with van der Waals surface area (Å²) in [7, 11) is 2.21. The van der Waals surface area contributed by atoms with Crippen LogP contribution in [0.5, 0.6) is 0 Å². The Balaban J connectivity index is 1.39. The molecule has 148 valence electrons. The van der Waals surface area contributed by atoms with Crippen molar-refractivity contribution in [1.29, 1.82) is 0 Å². The maximum absolute atomic E-state index is 12.1. The van der Waals surface area contributed by atoms with E-state index >= 15 is 0 Å². The quantitative estimate of drug-likeness (QED) is 0.868. The molecule has 0 atom stereocenters. The van der Waals surface area contributed by atoms with Crippen LogP contribution in [0.25, 0.3) is 11.0 Å². The van der Waals surface area contributed by atoms with Crippen LogP contribution in [0.15, 0.2) is 18.5 Å². The zero-order valence-electron chi connectivity index (χ0n) is 16.6. The summed E-state index contributed by atoms with van der Waals surface area (Å²) in [6.07, 6.45) is 9.39. The van der Waals surface area contributed by atoms with Gasteiger partial charge < -0.3 is 9.47 Å². The van der Waals surface area contributed by atoms with Gasteiger partial charge in [-0.25, -0.2) is 9.78 Å². The number of aromatic nitrogens is 2. The van der Waals surface area contributed by atoms with Crippen LogP contribution in [0.4, 0.5) is 10.5 Å². The maximum Gasteiger partial charge on any atom is 0.328 e. The molecule has 0 bridgehead atoms. The fourth-order valence-corrected chi connectivity index (χ4v) is 5.16. The number of fused-ring (bicyclic) bond motifs is 1. The van der Waals surface area contributed by atoms with Gasteiger partial charge in [-0.05, 0) is 69.8 Å². The molecule has 2 aliphatic heterocycles. The van der Waals surface area contributed by atoms with Crippen molar-refractivity contribution in [1.82, 2.24) is 19.8 Å². The average Bonchev–Trinajstić information content (AvgIpc) is 2.97. The van der Waals surface area contributed by atoms with E-state index in [-0.39, 0.29) is 11.9 Å². The first kappa shape index (κ1) is 17.7. The summed E-state index contributed by atoms with van der Waals surface area (Å²) in [5, 5.41) is 3.47. The van der Waals surface area contributed by atoms with E-state index in [0.29, 0.717) is 24.4 Å². The van der Waals surface area contributed by atoms with E-state index in [0.717, 1.165) is 16.7 Å². The number of anilines is 1. The monoisotopic (exact) mass is 381 g/mol. The number of carbonyl (C=O) groups excluding carboxylic acids is 2. The normalized spacial score (nSPS) is 23.3. The van der Waals surface area contributed by atoms with Gasteiger partial charge in [0.1, 0.15) is 5.65 Å². The largest absolute Gasteiger partial charge is 0.329 e. The van der Waals surface area contributed by atoms with Crippen LogP contribution in [0.1, 0.15) is 43.7 Å². The van der Waals surface area contributed by atoms with Gasteiger partial charge in [0.25, 0.3) is 0 Å². The van der Waals surface area contributed by atoms with E-state index < -0.39 is 0 Å². The first-order valence-electron chi connectivity index (χ1n) is 10.2. The highest BCUT2D eigenvalue weighted by molar-refractivity contribution is 6.06. The number of piperidine rings is 1. The van der Waals surface area contributed by atoms with E-state index in [1.807, 2.05) is 6.07 Å². The Kier molecular flexibility index (Phi) is 3.98. The van der Waals surface area contributed by atoms with Crippen LogP contribution in [-0.4, -0.2) is 53.1 Å². The van der Waals surface area contributed by atoms with Gasteiger partial charge in [0.2, 0.25) is 5.91 Å². The predicted octanol–water partition coefficient (Wildman–Crippen LogP) is 2.84. The van der Waals surface area contributed by atoms with Crippen molar-refractivity contribution in [2.24, 2.45) is 5.41 Å². The van der Waals surface area contributed by atoms with Crippen molar-refractivity contribution >= 4 is 28.7 Å². The molecule has 3 aliphatic rings. The highest BCUT2D eigenvalue weighted by Crippen LogP contribution is 2.55. The average molecular weight is 381 g/mol. The molecule has 1 N–H and O–H groups in total. The zero-order valence-corrected chi connectivity index (χ0v) is 16.6. The van der Waals surface area contributed by atoms with E-state index in [4.69, 9.17) is 4.98 Å². The molecule has 7 heteroatoms. The van der Waals surface area contributed by atoms with E-state index in [1.54, 1.807) is 11.1 Å². The lowest BCUT2D eigenvalue weighted by atomic mass is 9.60. The van der Waals surface area contributed by atoms with Crippen LogP contribution in [0.3, 0.4) is 0 Å². The van der Waals surface area contributed by atoms with Crippen molar-refractivity contribution in [2.45, 2.75) is 45.1 Å². The molecule has 2 aromatic rings. The Morgan fingerprint density at radius 2 is 1.93 bits per heavy atom. The Labute approximate surface area is 164 Å². The number of hydrogen-bond donors (Lipinski definition) is 1. The summed E-state index contributed by atoms with van der Waals surface area (Å²) < 4.78 is 2.35. The van der Waals surface area contributed by atoms with Crippen LogP contribution in [0, 0.1) is 12.3 Å². The fourth-order valence-electron chi connectivity index (χ4n) is 5.16. The van der Waals surface area contributed by atoms with Gasteiger partial charge in [0.15, 0.2) is 0 Å². The van der Waals surface area contributed by atoms with Gasteiger partial charge in [-0.15, -0.1) is 0 Å². The minimum Gasteiger partial charge on any atom is -0.329 e. The second kappa shape index (κ2) is 6.30. The summed E-state index contributed by atoms with van der Waals surface area (Å²) in [4.78, 5) is 32.3. The summed E-state index contributed by atoms with van der Waals surface area (Å²) in [5.41, 5.74) is 3.46. The van der Waals surface area contributed by atoms with Crippen molar-refractivity contribution in [2.75, 3.05) is 31.6 Å². The highest BCUT2D eigenvalue weighted by Gasteiger charge is 2.46. The second-order valence-electron chi connectivity index (χ2n) is 8.90. The molecule has 2 saturated heterocycles. The number of urea groups is 1. The number of pyridine rings is 1. The number of hydrogen-bond acceptors (Lipinski definition) is 4. The number of nitrogens with zero attached hydrogens (tertiary/aromatic N) is 4. The zero-order chi connectivity index (χ0) is 19.5. The van der Waals surface area contributed by atoms with Crippen LogP contribution in [0.2, 0.25) is 0 Å². The minimum atomic E-state index is -0.363. The molecule has 4 heterocycles. The van der Waals surface area contributed by atoms with E-state index in [1.165, 1.54) is 44.3 Å². The summed E-state index contributed by atoms with van der Waals surface area (Å²) >= 11 is 0. The Morgan fingerprint density at radius 3 is 2.64 bits per heavy atom. The van der Waals surface area contributed by atoms with Crippen molar-refractivity contribution < 1.29 is 9.59 Å². The third kappa shape index (κ3) is 2.80. The molecule has 1 spiro atoms. The molecule has 3 amide bonds. The molecule has 5 rings (SSSR count). The fraction of sp³-hybridized carbons (Fsp3) is 0.571. The number of rotatable bonds is 2. The van der Waals surface area contributed by atoms with E-state index in [2.05, 4.69) is 35.0 Å². The molecule has 28 heavy (non-hydrogen) atoms. The predicted molar refractivity (Wildman–Crippen MR) is 107 cm³/mol. The van der Waals surface area contributed by atoms with Crippen molar-refractivity contribution in [3.63, 3.8) is 0 Å². The maximum atomic E-state index is 12.1. The summed E-state index contributed by atoms with van der Waals surface area (Å²) in [6.45, 7) is 4.92. The lowest BCUT2D eigenvalue weighted by molar-refractivity contribution is -0.120. The number of amides is 3. The SMILES string of the molecule is Cc1cn(C2CC3(CCN(C)CC3)C2)c2ncc(N3CCC(=O)NC3=O)cc12. The minimum absolute atomic E-state index is 0.217. The number of aryl methyl sites for hydroxylation is 1. The van der Waals surface area contributed by atoms with Gasteiger partial charge in [0, 0.05) is 30.6 Å². The van der Waals surface area contributed by atoms with Gasteiger partial charge in [0.05, 0.1) is 11.9 Å². The highest BCUT2D eigenvalue weighted by atomic mass is 16.2. The van der Waals surface area contributed by atoms with Crippen molar-refractivity contribution in [3.8, 4) is 0 Å². The molecule has 1 aliphatic carbocycles. The molecular formula is C21H27N5O2. The third-order valence-corrected chi connectivity index (χ3v) is 7.00. The Bertz CT molecular complexity index is 949. The third-order valence-electron chi connectivity index (χ3n) is 7.00. The topological polar surface area (TPSA) is 70.5 Å². The van der Waals surface area contributed by atoms with Crippen LogP contribution >= 0.6 is 0 Å². The first-order chi connectivity index (χ1) is 13.4. The first-order valence-corrected chi connectivity index (χ1v) is 10.2. The molecule has 1 saturated carbocycles. The van der Waals surface area contributed by atoms with Gasteiger partial charge in [-0.1, -0.05) is 0 Å². The standard InChI is InChI=1S/C21H27N5O2/c1-14-13-26(16-10-21(11-16)4-7-24(2)8-5-21)19-17(14)9-15(12-22-19)25-6-3-18(27)23-20(25)28/h9,12-13,16H,3-8,10-11H2,1-2H3,(H,23,27,28). The lowest BCUT2D eigenvalue weighted by Crippen LogP contribution is -2.49. The summed E-state index contributed by atoms with van der Waals surface area (Å²) in [6, 6.07) is 2.19. The van der Waals surface area contributed by atoms with Crippen LogP contribution in [-0.2, 0) is 4.79 Å². The molecule has 0 aromatic carbocycles. The number of carbonyl (C=O) groups is 2. The molecular weight excluding hydrogens is 354 g/mol. The smallest absolute Gasteiger partial charge is 0.328 e. The van der Waals surface area contributed by atoms with Gasteiger partial charge in [-0.3, -0.25) is 15.0 Å². The molecule has 3 fully saturated rings. The van der Waals surface area contributed by atoms with Gasteiger partial charge in [-0.2, -0.15) is 0 Å². The molecule has 0 radical (unpaired) electrons. The van der Waals surface area contributed by atoms with Crippen molar-refractivity contribution in [3.05, 3.63) is 24.0 Å². The lowest BCUT2D eigenvalue weighted by Gasteiger charge is -2.52. The number of likely N-dealkylation sites (tertiary alicyclic amines) is 1. The van der Waals surface area contributed by atoms with Gasteiger partial charge >= 0.3 is 6.03 Å². The Hall–Kier alpha value is -2.41. The number of imide groups is 1. The second-order valence-corrected chi connectivity index (χ2v) is 8.90. The molecule has 2 aromatic heterocycles. The van der Waals surface area contributed by atoms with Crippen LogP contribution < -0.4 is 10.2 Å².